The molecule has 2 aromatic carbocycles. The summed E-state index contributed by atoms with van der Waals surface area (Å²) >= 11 is 3.84. The highest BCUT2D eigenvalue weighted by Crippen LogP contribution is 2.37. The second-order valence-corrected chi connectivity index (χ2v) is 5.98. The van der Waals surface area contributed by atoms with Crippen LogP contribution in [0.5, 0.6) is 5.75 Å². The van der Waals surface area contributed by atoms with Gasteiger partial charge in [0.05, 0.1) is 11.4 Å². The van der Waals surface area contributed by atoms with Crippen LogP contribution in [0.2, 0.25) is 0 Å². The highest BCUT2D eigenvalue weighted by Gasteiger charge is 2.16. The van der Waals surface area contributed by atoms with Gasteiger partial charge in [0, 0.05) is 5.56 Å². The van der Waals surface area contributed by atoms with Crippen LogP contribution >= 0.6 is 15.9 Å². The topological polar surface area (TPSA) is 9.23 Å². The molecule has 0 aliphatic rings. The second kappa shape index (κ2) is 7.65. The predicted molar refractivity (Wildman–Crippen MR) is 93.6 cm³/mol. The lowest BCUT2D eigenvalue weighted by atomic mass is 9.96. The Morgan fingerprint density at radius 2 is 1.67 bits per heavy atom. The Balaban J connectivity index is 2.38. The monoisotopic (exact) mass is 346 g/mol. The van der Waals surface area contributed by atoms with Crippen molar-refractivity contribution < 1.29 is 4.74 Å². The molecule has 0 saturated heterocycles. The Kier molecular flexibility index (Phi) is 5.86. The van der Waals surface area contributed by atoms with E-state index in [1.807, 2.05) is 19.1 Å². The van der Waals surface area contributed by atoms with Crippen molar-refractivity contribution in [2.45, 2.75) is 38.4 Å². The third-order valence-electron chi connectivity index (χ3n) is 3.78. The zero-order valence-electron chi connectivity index (χ0n) is 13.0. The van der Waals surface area contributed by atoms with E-state index in [1.165, 1.54) is 22.3 Å². The number of hydrogen-bond acceptors (Lipinski definition) is 1. The number of alkyl halides is 1. The average molecular weight is 347 g/mol. The van der Waals surface area contributed by atoms with E-state index >= 15 is 0 Å². The van der Waals surface area contributed by atoms with Crippen molar-refractivity contribution in [1.29, 1.82) is 0 Å². The Morgan fingerprint density at radius 3 is 2.33 bits per heavy atom. The van der Waals surface area contributed by atoms with Crippen LogP contribution in [-0.2, 0) is 12.8 Å². The van der Waals surface area contributed by atoms with Crippen LogP contribution in [-0.4, -0.2) is 6.61 Å². The largest absolute Gasteiger partial charge is 0.494 e. The molecule has 0 aliphatic carbocycles. The number of para-hydroxylation sites is 1. The molecule has 21 heavy (non-hydrogen) atoms. The van der Waals surface area contributed by atoms with Crippen LogP contribution in [0.4, 0.5) is 0 Å². The van der Waals surface area contributed by atoms with E-state index in [0.717, 1.165) is 18.6 Å². The molecule has 1 unspecified atom stereocenters. The van der Waals surface area contributed by atoms with E-state index in [4.69, 9.17) is 4.74 Å². The highest BCUT2D eigenvalue weighted by atomic mass is 79.9. The standard InChI is InChI=1S/C19H23BrO/c1-4-14-11-12-16(13-15(14)5-2)19(20)17-9-7-8-10-18(17)21-6-3/h7-13,19H,4-6H2,1-3H3. The first-order chi connectivity index (χ1) is 10.2. The fourth-order valence-electron chi connectivity index (χ4n) is 2.63. The number of hydrogen-bond donors (Lipinski definition) is 0. The van der Waals surface area contributed by atoms with Gasteiger partial charge in [-0.2, -0.15) is 0 Å². The van der Waals surface area contributed by atoms with E-state index in [9.17, 15) is 0 Å². The van der Waals surface area contributed by atoms with Gasteiger partial charge in [0.25, 0.3) is 0 Å². The molecule has 2 aromatic rings. The summed E-state index contributed by atoms with van der Waals surface area (Å²) < 4.78 is 5.75. The summed E-state index contributed by atoms with van der Waals surface area (Å²) in [5, 5.41) is 0. The van der Waals surface area contributed by atoms with Gasteiger partial charge in [0.1, 0.15) is 5.75 Å². The maximum absolute atomic E-state index is 5.75. The Labute approximate surface area is 136 Å². The first-order valence-electron chi connectivity index (χ1n) is 7.68. The van der Waals surface area contributed by atoms with Crippen LogP contribution < -0.4 is 4.74 Å². The van der Waals surface area contributed by atoms with Gasteiger partial charge in [-0.3, -0.25) is 0 Å². The number of ether oxygens (including phenoxy) is 1. The number of halogens is 1. The lowest BCUT2D eigenvalue weighted by Crippen LogP contribution is -2.01. The molecule has 2 heteroatoms. The molecule has 0 saturated carbocycles. The predicted octanol–water partition coefficient (Wildman–Crippen LogP) is 5.69. The molecule has 0 bridgehead atoms. The second-order valence-electron chi connectivity index (χ2n) is 5.07. The summed E-state index contributed by atoms with van der Waals surface area (Å²) in [6.07, 6.45) is 2.16. The van der Waals surface area contributed by atoms with Crippen molar-refractivity contribution >= 4 is 15.9 Å². The van der Waals surface area contributed by atoms with Crippen molar-refractivity contribution in [2.24, 2.45) is 0 Å². The van der Waals surface area contributed by atoms with Gasteiger partial charge >= 0.3 is 0 Å². The van der Waals surface area contributed by atoms with Crippen molar-refractivity contribution in [3.05, 3.63) is 64.7 Å². The third kappa shape index (κ3) is 3.68. The molecule has 0 heterocycles. The smallest absolute Gasteiger partial charge is 0.123 e. The minimum Gasteiger partial charge on any atom is -0.494 e. The lowest BCUT2D eigenvalue weighted by Gasteiger charge is -2.17. The Bertz CT molecular complexity index is 592. The summed E-state index contributed by atoms with van der Waals surface area (Å²) in [5.74, 6) is 0.958. The van der Waals surface area contributed by atoms with E-state index in [-0.39, 0.29) is 4.83 Å². The summed E-state index contributed by atoms with van der Waals surface area (Å²) in [5.41, 5.74) is 5.36. The maximum Gasteiger partial charge on any atom is 0.123 e. The Hall–Kier alpha value is -1.28. The van der Waals surface area contributed by atoms with E-state index < -0.39 is 0 Å². The van der Waals surface area contributed by atoms with Crippen LogP contribution in [0.15, 0.2) is 42.5 Å². The summed E-state index contributed by atoms with van der Waals surface area (Å²) in [6, 6.07) is 15.0. The van der Waals surface area contributed by atoms with Crippen LogP contribution in [0.3, 0.4) is 0 Å². The molecule has 2 rings (SSSR count). The van der Waals surface area contributed by atoms with Crippen LogP contribution in [0, 0.1) is 0 Å². The molecular formula is C19H23BrO. The third-order valence-corrected chi connectivity index (χ3v) is 4.80. The van der Waals surface area contributed by atoms with E-state index in [2.05, 4.69) is 60.1 Å². The van der Waals surface area contributed by atoms with E-state index in [0.29, 0.717) is 6.61 Å². The highest BCUT2D eigenvalue weighted by molar-refractivity contribution is 9.09. The van der Waals surface area contributed by atoms with Crippen molar-refractivity contribution in [1.82, 2.24) is 0 Å². The molecule has 1 nitrogen and oxygen atoms in total. The van der Waals surface area contributed by atoms with Crippen molar-refractivity contribution in [3.63, 3.8) is 0 Å². The van der Waals surface area contributed by atoms with Gasteiger partial charge in [-0.25, -0.2) is 0 Å². The first kappa shape index (κ1) is 16.1. The minimum absolute atomic E-state index is 0.163. The minimum atomic E-state index is 0.163. The zero-order valence-corrected chi connectivity index (χ0v) is 14.6. The molecule has 0 N–H and O–H groups in total. The molecular weight excluding hydrogens is 324 g/mol. The summed E-state index contributed by atoms with van der Waals surface area (Å²) in [6.45, 7) is 7.14. The number of benzene rings is 2. The molecule has 0 amide bonds. The van der Waals surface area contributed by atoms with Gasteiger partial charge in [-0.1, -0.05) is 66.2 Å². The Morgan fingerprint density at radius 1 is 0.952 bits per heavy atom. The quantitative estimate of drug-likeness (QED) is 0.610. The fourth-order valence-corrected chi connectivity index (χ4v) is 3.30. The van der Waals surface area contributed by atoms with Gasteiger partial charge in [-0.15, -0.1) is 0 Å². The summed E-state index contributed by atoms with van der Waals surface area (Å²) in [4.78, 5) is 0.163. The lowest BCUT2D eigenvalue weighted by molar-refractivity contribution is 0.337. The van der Waals surface area contributed by atoms with Gasteiger partial charge in [0.2, 0.25) is 0 Å². The number of aryl methyl sites for hydroxylation is 2. The molecule has 1 atom stereocenters. The molecule has 112 valence electrons. The van der Waals surface area contributed by atoms with Gasteiger partial charge < -0.3 is 4.74 Å². The van der Waals surface area contributed by atoms with Crippen molar-refractivity contribution in [3.8, 4) is 5.75 Å². The zero-order chi connectivity index (χ0) is 15.2. The van der Waals surface area contributed by atoms with Crippen LogP contribution in [0.1, 0.15) is 47.9 Å². The molecule has 0 aromatic heterocycles. The van der Waals surface area contributed by atoms with E-state index in [1.54, 1.807) is 0 Å². The maximum atomic E-state index is 5.75. The van der Waals surface area contributed by atoms with Crippen molar-refractivity contribution in [2.75, 3.05) is 6.61 Å². The molecule has 0 radical (unpaired) electrons. The molecule has 0 fully saturated rings. The normalized spacial score (nSPS) is 12.2. The average Bonchev–Trinajstić information content (AvgIpc) is 2.54. The van der Waals surface area contributed by atoms with Gasteiger partial charge in [0.15, 0.2) is 0 Å². The van der Waals surface area contributed by atoms with Crippen LogP contribution in [0.25, 0.3) is 0 Å². The van der Waals surface area contributed by atoms with Gasteiger partial charge in [-0.05, 0) is 42.5 Å². The number of rotatable bonds is 6. The molecule has 0 spiro atoms. The summed E-state index contributed by atoms with van der Waals surface area (Å²) in [7, 11) is 0. The fraction of sp³-hybridized carbons (Fsp3) is 0.368. The SMILES string of the molecule is CCOc1ccccc1C(Br)c1ccc(CC)c(CC)c1. The molecule has 0 aliphatic heterocycles. The first-order valence-corrected chi connectivity index (χ1v) is 8.60.